The van der Waals surface area contributed by atoms with Crippen molar-refractivity contribution in [1.29, 1.82) is 0 Å². The van der Waals surface area contributed by atoms with E-state index < -0.39 is 11.8 Å². The van der Waals surface area contributed by atoms with E-state index in [-0.39, 0.29) is 44.3 Å². The third-order valence-electron chi connectivity index (χ3n) is 7.48. The lowest BCUT2D eigenvalue weighted by Crippen LogP contribution is -2.22. The highest BCUT2D eigenvalue weighted by Gasteiger charge is 2.29. The first-order valence-corrected chi connectivity index (χ1v) is 14.5. The number of phenolic OH excluding ortho intramolecular Hbond substituents is 2. The van der Waals surface area contributed by atoms with Gasteiger partial charge in [-0.2, -0.15) is 0 Å². The molecule has 4 N–H and O–H groups in total. The molecule has 0 aliphatic carbocycles. The van der Waals surface area contributed by atoms with Gasteiger partial charge in [-0.05, 0) is 57.1 Å². The molecule has 0 unspecified atom stereocenters. The number of rotatable bonds is 4. The Morgan fingerprint density at radius 2 is 0.833 bits per heavy atom. The van der Waals surface area contributed by atoms with Crippen molar-refractivity contribution in [3.63, 3.8) is 0 Å². The van der Waals surface area contributed by atoms with E-state index in [2.05, 4.69) is 52.2 Å². The number of amides is 2. The molecular formula is C36H48N2O4. The second-order valence-electron chi connectivity index (χ2n) is 15.3. The van der Waals surface area contributed by atoms with Gasteiger partial charge in [0.05, 0.1) is 22.5 Å². The fourth-order valence-electron chi connectivity index (χ4n) is 4.70. The van der Waals surface area contributed by atoms with Crippen molar-refractivity contribution in [3.05, 3.63) is 81.9 Å². The molecule has 0 aromatic heterocycles. The van der Waals surface area contributed by atoms with Gasteiger partial charge in [0, 0.05) is 11.1 Å². The lowest BCUT2D eigenvalue weighted by molar-refractivity contribution is 0.101. The predicted molar refractivity (Wildman–Crippen MR) is 173 cm³/mol. The highest BCUT2D eigenvalue weighted by atomic mass is 16.3. The van der Waals surface area contributed by atoms with Gasteiger partial charge in [-0.15, -0.1) is 0 Å². The molecule has 2 amide bonds. The van der Waals surface area contributed by atoms with Crippen LogP contribution < -0.4 is 10.6 Å². The second-order valence-corrected chi connectivity index (χ2v) is 15.3. The molecule has 0 aliphatic rings. The van der Waals surface area contributed by atoms with Crippen molar-refractivity contribution in [2.45, 2.75) is 105 Å². The number of para-hydroxylation sites is 2. The zero-order valence-corrected chi connectivity index (χ0v) is 27.3. The summed E-state index contributed by atoms with van der Waals surface area (Å²) in [4.78, 5) is 27.3. The number of aromatic hydroxyl groups is 2. The maximum absolute atomic E-state index is 13.6. The third kappa shape index (κ3) is 7.15. The number of nitrogens with one attached hydrogen (secondary N) is 2. The Morgan fingerprint density at radius 3 is 1.10 bits per heavy atom. The predicted octanol–water partition coefficient (Wildman–Crippen LogP) is 8.79. The first-order chi connectivity index (χ1) is 19.0. The smallest absolute Gasteiger partial charge is 0.259 e. The van der Waals surface area contributed by atoms with Gasteiger partial charge in [0.1, 0.15) is 11.5 Å². The van der Waals surface area contributed by atoms with E-state index in [0.29, 0.717) is 22.5 Å². The zero-order valence-electron chi connectivity index (χ0n) is 27.3. The van der Waals surface area contributed by atoms with Gasteiger partial charge >= 0.3 is 0 Å². The van der Waals surface area contributed by atoms with Crippen molar-refractivity contribution in [1.82, 2.24) is 0 Å². The standard InChI is InChI=1S/C36H48N2O4/c1-33(2,3)21-17-23(29(39)25(19-21)35(7,8)9)31(41)37-27-15-13-14-16-28(27)38-32(42)24-18-22(34(4,5)6)20-26(30(24)40)36(10,11)12/h13-20,39-40H,1-12H3,(H,37,41)(H,38,42). The van der Waals surface area contributed by atoms with Gasteiger partial charge < -0.3 is 20.8 Å². The van der Waals surface area contributed by atoms with Crippen LogP contribution in [0.2, 0.25) is 0 Å². The summed E-state index contributed by atoms with van der Waals surface area (Å²) in [5.74, 6) is -1.10. The van der Waals surface area contributed by atoms with Crippen LogP contribution in [0.15, 0.2) is 48.5 Å². The summed E-state index contributed by atoms with van der Waals surface area (Å²) in [5, 5.41) is 28.1. The Labute approximate surface area is 251 Å². The molecule has 6 heteroatoms. The highest BCUT2D eigenvalue weighted by molar-refractivity contribution is 6.12. The lowest BCUT2D eigenvalue weighted by atomic mass is 9.78. The normalized spacial score (nSPS) is 12.7. The molecule has 0 heterocycles. The van der Waals surface area contributed by atoms with Crippen LogP contribution >= 0.6 is 0 Å². The van der Waals surface area contributed by atoms with Crippen molar-refractivity contribution in [2.75, 3.05) is 10.6 Å². The van der Waals surface area contributed by atoms with Crippen LogP contribution in [0.3, 0.4) is 0 Å². The molecule has 226 valence electrons. The number of phenols is 2. The Morgan fingerprint density at radius 1 is 0.524 bits per heavy atom. The van der Waals surface area contributed by atoms with Crippen LogP contribution in [0.4, 0.5) is 11.4 Å². The SMILES string of the molecule is CC(C)(C)c1cc(C(=O)Nc2ccccc2NC(=O)c2cc(C(C)(C)C)cc(C(C)(C)C)c2O)c(O)c(C(C)(C)C)c1. The molecule has 0 radical (unpaired) electrons. The Balaban J connectivity index is 2.04. The van der Waals surface area contributed by atoms with Crippen molar-refractivity contribution in [2.24, 2.45) is 0 Å². The van der Waals surface area contributed by atoms with Crippen LogP contribution in [0.1, 0.15) is 126 Å². The van der Waals surface area contributed by atoms with Crippen molar-refractivity contribution >= 4 is 23.2 Å². The maximum Gasteiger partial charge on any atom is 0.259 e. The van der Waals surface area contributed by atoms with Gasteiger partial charge in [0.2, 0.25) is 0 Å². The Hall–Kier alpha value is -3.80. The minimum atomic E-state index is -0.488. The van der Waals surface area contributed by atoms with E-state index in [1.54, 1.807) is 36.4 Å². The molecule has 0 spiro atoms. The first kappa shape index (κ1) is 32.7. The Bertz CT molecular complexity index is 1390. The van der Waals surface area contributed by atoms with E-state index >= 15 is 0 Å². The fraction of sp³-hybridized carbons (Fsp3) is 0.444. The second kappa shape index (κ2) is 11.1. The van der Waals surface area contributed by atoms with Gasteiger partial charge in [0.15, 0.2) is 0 Å². The monoisotopic (exact) mass is 572 g/mol. The van der Waals surface area contributed by atoms with E-state index in [4.69, 9.17) is 0 Å². The average molecular weight is 573 g/mol. The zero-order chi connectivity index (χ0) is 32.0. The molecule has 0 saturated carbocycles. The molecule has 3 rings (SSSR count). The molecule has 0 saturated heterocycles. The maximum atomic E-state index is 13.6. The molecule has 0 atom stereocenters. The van der Waals surface area contributed by atoms with Crippen molar-refractivity contribution in [3.8, 4) is 11.5 Å². The summed E-state index contributed by atoms with van der Waals surface area (Å²) in [5.41, 5.74) is 3.04. The van der Waals surface area contributed by atoms with Gasteiger partial charge in [0.25, 0.3) is 11.8 Å². The van der Waals surface area contributed by atoms with Crippen molar-refractivity contribution < 1.29 is 19.8 Å². The number of hydrogen-bond donors (Lipinski definition) is 4. The minimum Gasteiger partial charge on any atom is -0.507 e. The quantitative estimate of drug-likeness (QED) is 0.251. The molecule has 3 aromatic rings. The topological polar surface area (TPSA) is 98.7 Å². The molecule has 3 aromatic carbocycles. The number of hydrogen-bond acceptors (Lipinski definition) is 4. The largest absolute Gasteiger partial charge is 0.507 e. The minimum absolute atomic E-state index is 0.0619. The van der Waals surface area contributed by atoms with Crippen LogP contribution in [-0.4, -0.2) is 22.0 Å². The lowest BCUT2D eigenvalue weighted by Gasteiger charge is -2.27. The van der Waals surface area contributed by atoms with Crippen LogP contribution in [-0.2, 0) is 21.7 Å². The molecule has 0 bridgehead atoms. The van der Waals surface area contributed by atoms with Gasteiger partial charge in [-0.3, -0.25) is 9.59 Å². The van der Waals surface area contributed by atoms with Crippen LogP contribution in [0.5, 0.6) is 11.5 Å². The summed E-state index contributed by atoms with van der Waals surface area (Å²) in [6.07, 6.45) is 0. The van der Waals surface area contributed by atoms with Crippen LogP contribution in [0, 0.1) is 0 Å². The summed E-state index contributed by atoms with van der Waals surface area (Å²) in [6, 6.07) is 14.3. The van der Waals surface area contributed by atoms with Gasteiger partial charge in [-0.25, -0.2) is 0 Å². The summed E-state index contributed by atoms with van der Waals surface area (Å²) < 4.78 is 0. The molecule has 0 fully saturated rings. The Kier molecular flexibility index (Phi) is 8.66. The van der Waals surface area contributed by atoms with E-state index in [9.17, 15) is 19.8 Å². The van der Waals surface area contributed by atoms with Gasteiger partial charge in [-0.1, -0.05) is 107 Å². The third-order valence-corrected chi connectivity index (χ3v) is 7.48. The van der Waals surface area contributed by atoms with E-state index in [0.717, 1.165) is 11.1 Å². The summed E-state index contributed by atoms with van der Waals surface area (Å²) in [6.45, 7) is 24.4. The van der Waals surface area contributed by atoms with E-state index in [1.807, 2.05) is 53.7 Å². The average Bonchev–Trinajstić information content (AvgIpc) is 2.82. The molecule has 42 heavy (non-hydrogen) atoms. The number of carbonyl (C=O) groups is 2. The molecule has 6 nitrogen and oxygen atoms in total. The number of carbonyl (C=O) groups excluding carboxylic acids is 2. The first-order valence-electron chi connectivity index (χ1n) is 14.5. The van der Waals surface area contributed by atoms with E-state index in [1.165, 1.54) is 0 Å². The summed E-state index contributed by atoms with van der Waals surface area (Å²) >= 11 is 0. The van der Waals surface area contributed by atoms with Crippen LogP contribution in [0.25, 0.3) is 0 Å². The molecular weight excluding hydrogens is 524 g/mol. The highest BCUT2D eigenvalue weighted by Crippen LogP contribution is 2.40. The number of anilines is 2. The molecule has 0 aliphatic heterocycles. The fourth-order valence-corrected chi connectivity index (χ4v) is 4.70. The summed E-state index contributed by atoms with van der Waals surface area (Å²) in [7, 11) is 0. The number of benzene rings is 3.